The van der Waals surface area contributed by atoms with Crippen LogP contribution in [0.2, 0.25) is 0 Å². The molecule has 0 saturated carbocycles. The summed E-state index contributed by atoms with van der Waals surface area (Å²) in [5, 5.41) is 7.06. The van der Waals surface area contributed by atoms with E-state index in [1.54, 1.807) is 0 Å². The number of ether oxygens (including phenoxy) is 1. The van der Waals surface area contributed by atoms with Crippen LogP contribution in [0, 0.1) is 18.8 Å². The molecule has 1 aliphatic heterocycles. The Morgan fingerprint density at radius 1 is 0.581 bits per heavy atom. The average Bonchev–Trinajstić information content (AvgIpc) is 4.00. The van der Waals surface area contributed by atoms with Gasteiger partial charge < -0.3 is 28.2 Å². The SMILES string of the molecule is Cn1c2ccccc2c2cc3c4ccccc4n(C)c3c(N3[CH-]N(c4[c-]c(Oc5[c-]c6c(cc5)c5ccncc5n6-c5cc(C(C)(C)C)ccn5)ccc4)c4ccccc43)c21.[Pt]. The second kappa shape index (κ2) is 14.1. The number of benzene rings is 6. The zero-order valence-electron chi connectivity index (χ0n) is 34.8. The van der Waals surface area contributed by atoms with E-state index in [2.05, 4.69) is 185 Å². The summed E-state index contributed by atoms with van der Waals surface area (Å²) in [7, 11) is 4.36. The smallest absolute Gasteiger partial charge is 0.135 e. The third-order valence-electron chi connectivity index (χ3n) is 12.4. The van der Waals surface area contributed by atoms with E-state index in [1.807, 2.05) is 42.9 Å². The molecule has 0 N–H and O–H groups in total. The van der Waals surface area contributed by atoms with Gasteiger partial charge in [0.15, 0.2) is 0 Å². The van der Waals surface area contributed by atoms with Gasteiger partial charge in [-0.25, -0.2) is 4.98 Å². The first-order valence-corrected chi connectivity index (χ1v) is 20.6. The fraction of sp³-hybridized carbons (Fsp3) is 0.113. The van der Waals surface area contributed by atoms with Crippen molar-refractivity contribution in [1.29, 1.82) is 0 Å². The third-order valence-corrected chi connectivity index (χ3v) is 12.4. The molecule has 12 rings (SSSR count). The van der Waals surface area contributed by atoms with E-state index in [0.29, 0.717) is 11.5 Å². The molecule has 0 spiro atoms. The quantitative estimate of drug-likeness (QED) is 0.161. The van der Waals surface area contributed by atoms with E-state index < -0.39 is 0 Å². The molecule has 8 nitrogen and oxygen atoms in total. The predicted octanol–water partition coefficient (Wildman–Crippen LogP) is 13.0. The number of pyridine rings is 2. The van der Waals surface area contributed by atoms with Crippen LogP contribution in [0.25, 0.3) is 71.2 Å². The van der Waals surface area contributed by atoms with Gasteiger partial charge in [-0.2, -0.15) is 12.1 Å². The Bertz CT molecular complexity index is 3500. The molecule has 5 aromatic heterocycles. The topological polar surface area (TPSA) is 56.3 Å². The van der Waals surface area contributed by atoms with Crippen molar-refractivity contribution in [1.82, 2.24) is 23.7 Å². The molecule has 62 heavy (non-hydrogen) atoms. The van der Waals surface area contributed by atoms with Crippen molar-refractivity contribution in [2.45, 2.75) is 26.2 Å². The summed E-state index contributed by atoms with van der Waals surface area (Å²) < 4.78 is 13.5. The number of para-hydroxylation sites is 4. The van der Waals surface area contributed by atoms with Gasteiger partial charge in [0.1, 0.15) is 5.82 Å². The number of nitrogens with zero attached hydrogens (tertiary/aromatic N) is 7. The first-order valence-electron chi connectivity index (χ1n) is 20.6. The molecule has 0 amide bonds. The molecule has 0 aliphatic carbocycles. The summed E-state index contributed by atoms with van der Waals surface area (Å²) in [5.74, 6) is 1.98. The van der Waals surface area contributed by atoms with Gasteiger partial charge >= 0.3 is 0 Å². The van der Waals surface area contributed by atoms with Crippen LogP contribution in [0.1, 0.15) is 26.3 Å². The van der Waals surface area contributed by atoms with Crippen LogP contribution in [0.15, 0.2) is 146 Å². The summed E-state index contributed by atoms with van der Waals surface area (Å²) in [4.78, 5) is 13.9. The monoisotopic (exact) mass is 985 g/mol. The Balaban J connectivity index is 0.00000432. The second-order valence-corrected chi connectivity index (χ2v) is 17.0. The molecule has 306 valence electrons. The van der Waals surface area contributed by atoms with Crippen molar-refractivity contribution in [3.8, 4) is 17.3 Å². The third kappa shape index (κ3) is 5.63. The molecule has 0 fully saturated rings. The van der Waals surface area contributed by atoms with Crippen LogP contribution in [0.5, 0.6) is 11.5 Å². The number of hydrogen-bond donors (Lipinski definition) is 0. The van der Waals surface area contributed by atoms with Gasteiger partial charge in [-0.05, 0) is 64.9 Å². The first kappa shape index (κ1) is 38.1. The number of aromatic nitrogens is 5. The molecule has 6 aromatic carbocycles. The summed E-state index contributed by atoms with van der Waals surface area (Å²) >= 11 is 0. The fourth-order valence-electron chi connectivity index (χ4n) is 9.51. The molecule has 0 saturated heterocycles. The van der Waals surface area contributed by atoms with E-state index in [9.17, 15) is 0 Å². The van der Waals surface area contributed by atoms with Crippen molar-refractivity contribution >= 4 is 88.2 Å². The van der Waals surface area contributed by atoms with Gasteiger partial charge in [0.05, 0.1) is 28.4 Å². The molecule has 1 aliphatic rings. The summed E-state index contributed by atoms with van der Waals surface area (Å²) in [6.07, 6.45) is 5.61. The number of fused-ring (bicyclic) bond motifs is 10. The van der Waals surface area contributed by atoms with Crippen LogP contribution in [0.4, 0.5) is 22.7 Å². The van der Waals surface area contributed by atoms with E-state index in [1.165, 1.54) is 49.2 Å². The standard InChI is InChI=1S/C53H40N7O.Pt/c1-53(2,3)33-23-26-55-49(27-33)60-47-29-36(21-22-39(47)40-24-25-54-31-48(40)60)61-35-14-12-13-34(28-35)58-32-59(46-20-11-10-19-45(46)58)52-50-41(37-15-6-8-17-43(37)56(50)4)30-42-38-16-7-9-18-44(38)57(5)51(42)52;/h6-27,30-32H,1-5H3;/q-3;. The maximum absolute atomic E-state index is 6.64. The van der Waals surface area contributed by atoms with Crippen LogP contribution < -0.4 is 14.5 Å². The average molecular weight is 986 g/mol. The maximum Gasteiger partial charge on any atom is 0.135 e. The van der Waals surface area contributed by atoms with Crippen molar-refractivity contribution in [3.63, 3.8) is 0 Å². The maximum atomic E-state index is 6.64. The Morgan fingerprint density at radius 2 is 1.23 bits per heavy atom. The minimum absolute atomic E-state index is 0. The van der Waals surface area contributed by atoms with Gasteiger partial charge in [-0.1, -0.05) is 74.8 Å². The van der Waals surface area contributed by atoms with Crippen LogP contribution in [0.3, 0.4) is 0 Å². The van der Waals surface area contributed by atoms with Gasteiger partial charge in [-0.15, -0.1) is 48.1 Å². The summed E-state index contributed by atoms with van der Waals surface area (Å²) in [5.41, 5.74) is 11.9. The van der Waals surface area contributed by atoms with Crippen LogP contribution in [-0.4, -0.2) is 23.7 Å². The summed E-state index contributed by atoms with van der Waals surface area (Å²) in [6.45, 7) is 8.85. The Kier molecular flexibility index (Phi) is 8.64. The zero-order chi connectivity index (χ0) is 41.1. The molecule has 9 heteroatoms. The van der Waals surface area contributed by atoms with E-state index in [0.717, 1.165) is 50.4 Å². The van der Waals surface area contributed by atoms with Crippen LogP contribution >= 0.6 is 0 Å². The largest absolute Gasteiger partial charge is 0.509 e. The predicted molar refractivity (Wildman–Crippen MR) is 249 cm³/mol. The molecular formula is C53H40N7OPt-3. The molecular weight excluding hydrogens is 946 g/mol. The minimum Gasteiger partial charge on any atom is -0.509 e. The number of anilines is 4. The molecule has 0 unspecified atom stereocenters. The number of hydrogen-bond acceptors (Lipinski definition) is 5. The molecule has 11 aromatic rings. The first-order chi connectivity index (χ1) is 29.7. The normalized spacial score (nSPS) is 13.0. The Hall–Kier alpha value is -6.89. The molecule has 0 bridgehead atoms. The number of aryl methyl sites for hydroxylation is 2. The Morgan fingerprint density at radius 3 is 1.94 bits per heavy atom. The van der Waals surface area contributed by atoms with Gasteiger partial charge in [0.2, 0.25) is 0 Å². The van der Waals surface area contributed by atoms with Crippen molar-refractivity contribution < 1.29 is 25.8 Å². The van der Waals surface area contributed by atoms with Gasteiger partial charge in [-0.3, -0.25) is 4.98 Å². The van der Waals surface area contributed by atoms with Gasteiger partial charge in [0.25, 0.3) is 0 Å². The summed E-state index contributed by atoms with van der Waals surface area (Å²) in [6, 6.07) is 52.0. The van der Waals surface area contributed by atoms with Gasteiger partial charge in [0, 0.05) is 103 Å². The second-order valence-electron chi connectivity index (χ2n) is 17.0. The fourth-order valence-corrected chi connectivity index (χ4v) is 9.51. The molecule has 0 radical (unpaired) electrons. The van der Waals surface area contributed by atoms with E-state index in [4.69, 9.17) is 9.72 Å². The molecule has 0 atom stereocenters. The van der Waals surface area contributed by atoms with Crippen molar-refractivity contribution in [2.75, 3.05) is 9.80 Å². The molecule has 6 heterocycles. The van der Waals surface area contributed by atoms with Crippen molar-refractivity contribution in [3.05, 3.63) is 170 Å². The van der Waals surface area contributed by atoms with Crippen LogP contribution in [-0.2, 0) is 40.6 Å². The Labute approximate surface area is 373 Å². The zero-order valence-corrected chi connectivity index (χ0v) is 37.1. The van der Waals surface area contributed by atoms with E-state index in [-0.39, 0.29) is 26.5 Å². The number of rotatable bonds is 5. The minimum atomic E-state index is -0.0383. The van der Waals surface area contributed by atoms with E-state index >= 15 is 0 Å². The van der Waals surface area contributed by atoms with Crippen molar-refractivity contribution in [2.24, 2.45) is 14.1 Å².